The third kappa shape index (κ3) is 5.46. The van der Waals surface area contributed by atoms with Gasteiger partial charge < -0.3 is 10.1 Å². The first-order valence-electron chi connectivity index (χ1n) is 7.65. The molecular formula is C18H19Cl2NO3S. The Balaban J connectivity index is 1.92. The lowest BCUT2D eigenvalue weighted by molar-refractivity contribution is -0.128. The van der Waals surface area contributed by atoms with E-state index in [-0.39, 0.29) is 23.3 Å². The summed E-state index contributed by atoms with van der Waals surface area (Å²) in [7, 11) is 0. The zero-order valence-electron chi connectivity index (χ0n) is 14.2. The van der Waals surface area contributed by atoms with Crippen molar-refractivity contribution in [2.75, 3.05) is 6.61 Å². The van der Waals surface area contributed by atoms with Crippen LogP contribution in [0.2, 0.25) is 10.0 Å². The Kier molecular flexibility index (Phi) is 6.49. The van der Waals surface area contributed by atoms with Crippen molar-refractivity contribution in [2.45, 2.75) is 27.3 Å². The molecule has 1 aromatic carbocycles. The second-order valence-corrected chi connectivity index (χ2v) is 8.42. The summed E-state index contributed by atoms with van der Waals surface area (Å²) in [4.78, 5) is 25.6. The Morgan fingerprint density at radius 2 is 1.88 bits per heavy atom. The number of nitrogens with one attached hydrogen (secondary N) is 1. The number of hydrogen-bond donors (Lipinski definition) is 1. The minimum atomic E-state index is -0.444. The molecule has 1 aromatic heterocycles. The number of Topliss-reactive ketones (excluding diaryl/α,β-unsaturated/α-hetero) is 1. The molecule has 2 aromatic rings. The van der Waals surface area contributed by atoms with Crippen molar-refractivity contribution in [1.82, 2.24) is 5.32 Å². The molecule has 0 aliphatic rings. The van der Waals surface area contributed by atoms with Gasteiger partial charge in [-0.25, -0.2) is 0 Å². The highest BCUT2D eigenvalue weighted by Crippen LogP contribution is 2.31. The van der Waals surface area contributed by atoms with Crippen molar-refractivity contribution in [2.24, 2.45) is 5.41 Å². The van der Waals surface area contributed by atoms with Crippen LogP contribution in [-0.2, 0) is 11.3 Å². The molecule has 1 N–H and O–H groups in total. The lowest BCUT2D eigenvalue weighted by atomic mass is 9.96. The van der Waals surface area contributed by atoms with Crippen molar-refractivity contribution >= 4 is 46.2 Å². The van der Waals surface area contributed by atoms with E-state index in [0.29, 0.717) is 22.2 Å². The summed E-state index contributed by atoms with van der Waals surface area (Å²) in [5.74, 6) is 0.180. The molecule has 0 bridgehead atoms. The van der Waals surface area contributed by atoms with Crippen molar-refractivity contribution < 1.29 is 14.3 Å². The first kappa shape index (κ1) is 19.8. The van der Waals surface area contributed by atoms with Crippen molar-refractivity contribution in [1.29, 1.82) is 0 Å². The van der Waals surface area contributed by atoms with Crippen molar-refractivity contribution in [3.63, 3.8) is 0 Å². The van der Waals surface area contributed by atoms with E-state index in [1.54, 1.807) is 24.3 Å². The van der Waals surface area contributed by atoms with Crippen LogP contribution >= 0.6 is 34.5 Å². The largest absolute Gasteiger partial charge is 0.484 e. The van der Waals surface area contributed by atoms with E-state index in [2.05, 4.69) is 5.32 Å². The van der Waals surface area contributed by atoms with E-state index in [1.807, 2.05) is 26.8 Å². The Morgan fingerprint density at radius 1 is 1.16 bits per heavy atom. The van der Waals surface area contributed by atoms with Crippen LogP contribution in [0.4, 0.5) is 0 Å². The first-order chi connectivity index (χ1) is 11.7. The van der Waals surface area contributed by atoms with Gasteiger partial charge in [-0.2, -0.15) is 0 Å². The molecule has 1 heterocycles. The quantitative estimate of drug-likeness (QED) is 0.696. The molecule has 1 amide bonds. The molecular weight excluding hydrogens is 381 g/mol. The molecule has 0 aliphatic carbocycles. The summed E-state index contributed by atoms with van der Waals surface area (Å²) in [5.41, 5.74) is -0.444. The predicted molar refractivity (Wildman–Crippen MR) is 102 cm³/mol. The zero-order valence-corrected chi connectivity index (χ0v) is 16.5. The highest BCUT2D eigenvalue weighted by Gasteiger charge is 2.21. The maximum absolute atomic E-state index is 12.2. The number of thiophene rings is 1. The van der Waals surface area contributed by atoms with Crippen LogP contribution in [0.3, 0.4) is 0 Å². The molecule has 0 spiro atoms. The van der Waals surface area contributed by atoms with Gasteiger partial charge in [-0.1, -0.05) is 50.0 Å². The molecule has 0 aliphatic heterocycles. The van der Waals surface area contributed by atoms with Gasteiger partial charge in [0.1, 0.15) is 10.8 Å². The molecule has 0 unspecified atom stereocenters. The standard InChI is InChI=1S/C18H19Cl2NO3S/c1-18(2,3)17(23)21-9-11-7-8-15(25-11)13(22)10-24-14-6-4-5-12(19)16(14)20/h4-8H,9-10H2,1-3H3,(H,21,23). The summed E-state index contributed by atoms with van der Waals surface area (Å²) in [5, 5.41) is 3.52. The van der Waals surface area contributed by atoms with Gasteiger partial charge in [0.05, 0.1) is 16.4 Å². The van der Waals surface area contributed by atoms with Gasteiger partial charge in [0.15, 0.2) is 6.61 Å². The summed E-state index contributed by atoms with van der Waals surface area (Å²) < 4.78 is 5.46. The number of halogens is 2. The average Bonchev–Trinajstić information content (AvgIpc) is 3.01. The monoisotopic (exact) mass is 399 g/mol. The number of hydrogen-bond acceptors (Lipinski definition) is 4. The number of carbonyl (C=O) groups excluding carboxylic acids is 2. The van der Waals surface area contributed by atoms with Crippen molar-refractivity contribution in [3.05, 3.63) is 50.1 Å². The lowest BCUT2D eigenvalue weighted by Gasteiger charge is -2.17. The van der Waals surface area contributed by atoms with E-state index < -0.39 is 5.41 Å². The van der Waals surface area contributed by atoms with Crippen LogP contribution in [-0.4, -0.2) is 18.3 Å². The van der Waals surface area contributed by atoms with E-state index in [9.17, 15) is 9.59 Å². The van der Waals surface area contributed by atoms with Crippen LogP contribution in [0, 0.1) is 5.41 Å². The van der Waals surface area contributed by atoms with Crippen LogP contribution in [0.1, 0.15) is 35.3 Å². The van der Waals surface area contributed by atoms with Crippen molar-refractivity contribution in [3.8, 4) is 5.75 Å². The molecule has 0 atom stereocenters. The number of rotatable bonds is 6. The van der Waals surface area contributed by atoms with Crippen LogP contribution in [0.15, 0.2) is 30.3 Å². The molecule has 4 nitrogen and oxygen atoms in total. The molecule has 2 rings (SSSR count). The maximum Gasteiger partial charge on any atom is 0.225 e. The number of ketones is 1. The zero-order chi connectivity index (χ0) is 18.6. The second kappa shape index (κ2) is 8.21. The van der Waals surface area contributed by atoms with Crippen LogP contribution < -0.4 is 10.1 Å². The van der Waals surface area contributed by atoms with Gasteiger partial charge in [-0.15, -0.1) is 11.3 Å². The Labute approximate surface area is 161 Å². The molecule has 25 heavy (non-hydrogen) atoms. The fourth-order valence-electron chi connectivity index (χ4n) is 1.87. The Morgan fingerprint density at radius 3 is 2.56 bits per heavy atom. The molecule has 0 fully saturated rings. The summed E-state index contributed by atoms with van der Waals surface area (Å²) in [6.45, 7) is 5.82. The van der Waals surface area contributed by atoms with Gasteiger partial charge in [0.2, 0.25) is 11.7 Å². The van der Waals surface area contributed by atoms with Gasteiger partial charge in [-0.05, 0) is 24.3 Å². The van der Waals surface area contributed by atoms with Gasteiger partial charge in [0, 0.05) is 10.3 Å². The Bertz CT molecular complexity index is 781. The fraction of sp³-hybridized carbons (Fsp3) is 0.333. The summed E-state index contributed by atoms with van der Waals surface area (Å²) in [6.07, 6.45) is 0. The minimum absolute atomic E-state index is 0.0345. The molecule has 0 saturated heterocycles. The topological polar surface area (TPSA) is 55.4 Å². The van der Waals surface area contributed by atoms with E-state index in [4.69, 9.17) is 27.9 Å². The van der Waals surface area contributed by atoms with Gasteiger partial charge in [0.25, 0.3) is 0 Å². The predicted octanol–water partition coefficient (Wildman–Crippen LogP) is 4.98. The van der Waals surface area contributed by atoms with Crippen LogP contribution in [0.5, 0.6) is 5.75 Å². The number of carbonyl (C=O) groups is 2. The Hall–Kier alpha value is -1.56. The van der Waals surface area contributed by atoms with E-state index >= 15 is 0 Å². The second-order valence-electron chi connectivity index (χ2n) is 6.46. The summed E-state index contributed by atoms with van der Waals surface area (Å²) in [6, 6.07) is 8.57. The number of amides is 1. The SMILES string of the molecule is CC(C)(C)C(=O)NCc1ccc(C(=O)COc2cccc(Cl)c2Cl)s1. The first-order valence-corrected chi connectivity index (χ1v) is 9.23. The van der Waals surface area contributed by atoms with Crippen LogP contribution in [0.25, 0.3) is 0 Å². The number of benzene rings is 1. The highest BCUT2D eigenvalue weighted by molar-refractivity contribution is 7.14. The molecule has 7 heteroatoms. The lowest BCUT2D eigenvalue weighted by Crippen LogP contribution is -2.34. The van der Waals surface area contributed by atoms with Gasteiger partial charge >= 0.3 is 0 Å². The fourth-order valence-corrected chi connectivity index (χ4v) is 3.08. The summed E-state index contributed by atoms with van der Waals surface area (Å²) >= 11 is 13.3. The molecule has 134 valence electrons. The smallest absolute Gasteiger partial charge is 0.225 e. The third-order valence-electron chi connectivity index (χ3n) is 3.32. The minimum Gasteiger partial charge on any atom is -0.484 e. The van der Waals surface area contributed by atoms with E-state index in [0.717, 1.165) is 4.88 Å². The number of ether oxygens (including phenoxy) is 1. The van der Waals surface area contributed by atoms with Gasteiger partial charge in [-0.3, -0.25) is 9.59 Å². The highest BCUT2D eigenvalue weighted by atomic mass is 35.5. The third-order valence-corrected chi connectivity index (χ3v) is 5.24. The molecule has 0 radical (unpaired) electrons. The maximum atomic E-state index is 12.2. The molecule has 0 saturated carbocycles. The van der Waals surface area contributed by atoms with E-state index in [1.165, 1.54) is 11.3 Å². The average molecular weight is 400 g/mol. The normalized spacial score (nSPS) is 11.2.